The van der Waals surface area contributed by atoms with Crippen LogP contribution in [0, 0.1) is 5.92 Å². The summed E-state index contributed by atoms with van der Waals surface area (Å²) in [4.78, 5) is 13.6. The van der Waals surface area contributed by atoms with Crippen LogP contribution in [0.5, 0.6) is 0 Å². The smallest absolute Gasteiger partial charge is 0.258 e. The van der Waals surface area contributed by atoms with Gasteiger partial charge in [0.25, 0.3) is 5.91 Å². The molecule has 2 nitrogen and oxygen atoms in total. The lowest BCUT2D eigenvalue weighted by atomic mass is 10.0. The zero-order valence-electron chi connectivity index (χ0n) is 9.74. The fourth-order valence-corrected chi connectivity index (χ4v) is 2.12. The second kappa shape index (κ2) is 4.77. The van der Waals surface area contributed by atoms with E-state index in [4.69, 9.17) is 0 Å². The third kappa shape index (κ3) is 2.39. The van der Waals surface area contributed by atoms with E-state index < -0.39 is 12.1 Å². The molecule has 1 aliphatic rings. The third-order valence-corrected chi connectivity index (χ3v) is 3.28. The van der Waals surface area contributed by atoms with Gasteiger partial charge in [0, 0.05) is 18.0 Å². The Morgan fingerprint density at radius 1 is 1.47 bits per heavy atom. The van der Waals surface area contributed by atoms with E-state index in [1.165, 1.54) is 6.08 Å². The highest BCUT2D eigenvalue weighted by molar-refractivity contribution is 5.82. The van der Waals surface area contributed by atoms with E-state index >= 15 is 0 Å². The number of nitrogens with zero attached hydrogens (tertiary/aromatic N) is 1. The van der Waals surface area contributed by atoms with Gasteiger partial charge in [0.1, 0.15) is 0 Å². The van der Waals surface area contributed by atoms with Gasteiger partial charge < -0.3 is 4.90 Å². The molecule has 1 rings (SSSR count). The van der Waals surface area contributed by atoms with Gasteiger partial charge in [-0.2, -0.15) is 0 Å². The van der Waals surface area contributed by atoms with Crippen LogP contribution in [0.4, 0.5) is 4.39 Å². The molecular formula is C12H20FNO. The predicted octanol–water partition coefficient (Wildman–Crippen LogP) is 2.55. The third-order valence-electron chi connectivity index (χ3n) is 3.28. The average Bonchev–Trinajstić information content (AvgIpc) is 2.55. The predicted molar refractivity (Wildman–Crippen MR) is 59.3 cm³/mol. The van der Waals surface area contributed by atoms with Crippen LogP contribution in [0.1, 0.15) is 33.6 Å². The lowest BCUT2D eigenvalue weighted by Crippen LogP contribution is -2.44. The van der Waals surface area contributed by atoms with Gasteiger partial charge in [-0.15, -0.1) is 6.58 Å². The van der Waals surface area contributed by atoms with Gasteiger partial charge in [-0.05, 0) is 26.7 Å². The van der Waals surface area contributed by atoms with Crippen molar-refractivity contribution in [3.63, 3.8) is 0 Å². The number of hydrogen-bond acceptors (Lipinski definition) is 1. The molecule has 1 heterocycles. The number of carbonyl (C=O) groups excluding carboxylic acids is 1. The minimum atomic E-state index is -1.44. The van der Waals surface area contributed by atoms with Crippen LogP contribution in [0.3, 0.4) is 0 Å². The summed E-state index contributed by atoms with van der Waals surface area (Å²) in [5, 5.41) is 0. The van der Waals surface area contributed by atoms with Gasteiger partial charge in [0.15, 0.2) is 6.17 Å². The number of amides is 1. The first-order valence-corrected chi connectivity index (χ1v) is 5.57. The average molecular weight is 213 g/mol. The Labute approximate surface area is 91.1 Å². The van der Waals surface area contributed by atoms with Gasteiger partial charge in [-0.1, -0.05) is 13.0 Å². The molecule has 86 valence electrons. The molecule has 0 saturated carbocycles. The Morgan fingerprint density at radius 3 is 2.33 bits per heavy atom. The number of likely N-dealkylation sites (tertiary alicyclic amines) is 1. The summed E-state index contributed by atoms with van der Waals surface area (Å²) in [5.41, 5.74) is 0. The molecule has 1 saturated heterocycles. The fraction of sp³-hybridized carbons (Fsp3) is 0.750. The van der Waals surface area contributed by atoms with Crippen LogP contribution >= 0.6 is 0 Å². The molecule has 0 spiro atoms. The Hall–Kier alpha value is -0.860. The van der Waals surface area contributed by atoms with Crippen LogP contribution in [0.2, 0.25) is 0 Å². The van der Waals surface area contributed by atoms with Crippen molar-refractivity contribution >= 4 is 5.91 Å². The molecule has 15 heavy (non-hydrogen) atoms. The quantitative estimate of drug-likeness (QED) is 0.660. The van der Waals surface area contributed by atoms with E-state index in [1.807, 2.05) is 13.8 Å². The Morgan fingerprint density at radius 2 is 1.93 bits per heavy atom. The van der Waals surface area contributed by atoms with E-state index in [0.29, 0.717) is 0 Å². The maximum Gasteiger partial charge on any atom is 0.258 e. The summed E-state index contributed by atoms with van der Waals surface area (Å²) in [5.74, 6) is -0.780. The van der Waals surface area contributed by atoms with Crippen LogP contribution in [0.15, 0.2) is 12.7 Å². The summed E-state index contributed by atoms with van der Waals surface area (Å²) in [6.45, 7) is 9.16. The molecule has 0 aromatic heterocycles. The number of alkyl halides is 1. The number of allylic oxidation sites excluding steroid dienone is 1. The maximum absolute atomic E-state index is 13.7. The van der Waals surface area contributed by atoms with E-state index in [2.05, 4.69) is 6.58 Å². The molecule has 0 aliphatic carbocycles. The van der Waals surface area contributed by atoms with Crippen LogP contribution in [-0.2, 0) is 4.79 Å². The first-order chi connectivity index (χ1) is 6.99. The SMILES string of the molecule is C=C[C@@H](C)[C@H](F)C(=O)N1[C@H](C)CC[C@H]1C. The molecule has 0 aromatic rings. The molecule has 0 N–H and O–H groups in total. The molecule has 1 fully saturated rings. The van der Waals surface area contributed by atoms with Crippen LogP contribution in [0.25, 0.3) is 0 Å². The summed E-state index contributed by atoms with van der Waals surface area (Å²) < 4.78 is 13.7. The number of hydrogen-bond donors (Lipinski definition) is 0. The fourth-order valence-electron chi connectivity index (χ4n) is 2.12. The maximum atomic E-state index is 13.7. The molecule has 0 bridgehead atoms. The van der Waals surface area contributed by atoms with E-state index in [0.717, 1.165) is 12.8 Å². The molecule has 0 aromatic carbocycles. The minimum absolute atomic E-state index is 0.169. The van der Waals surface area contributed by atoms with Crippen molar-refractivity contribution < 1.29 is 9.18 Å². The van der Waals surface area contributed by atoms with Crippen LogP contribution in [-0.4, -0.2) is 29.1 Å². The van der Waals surface area contributed by atoms with Gasteiger partial charge >= 0.3 is 0 Å². The highest BCUT2D eigenvalue weighted by Gasteiger charge is 2.36. The Balaban J connectivity index is 2.70. The van der Waals surface area contributed by atoms with Crippen molar-refractivity contribution in [1.82, 2.24) is 4.90 Å². The molecule has 1 aliphatic heterocycles. The molecular weight excluding hydrogens is 193 g/mol. The first kappa shape index (κ1) is 12.2. The summed E-state index contributed by atoms with van der Waals surface area (Å²) in [7, 11) is 0. The van der Waals surface area contributed by atoms with Crippen LogP contribution < -0.4 is 0 Å². The lowest BCUT2D eigenvalue weighted by molar-refractivity contribution is -0.140. The topological polar surface area (TPSA) is 20.3 Å². The van der Waals surface area contributed by atoms with E-state index in [1.54, 1.807) is 11.8 Å². The summed E-state index contributed by atoms with van der Waals surface area (Å²) >= 11 is 0. The zero-order chi connectivity index (χ0) is 11.6. The molecule has 0 unspecified atom stereocenters. The highest BCUT2D eigenvalue weighted by atomic mass is 19.1. The first-order valence-electron chi connectivity index (χ1n) is 5.57. The van der Waals surface area contributed by atoms with Crippen molar-refractivity contribution in [2.75, 3.05) is 0 Å². The molecule has 4 atom stereocenters. The van der Waals surface area contributed by atoms with Gasteiger partial charge in [-0.25, -0.2) is 4.39 Å². The van der Waals surface area contributed by atoms with E-state index in [9.17, 15) is 9.18 Å². The molecule has 0 radical (unpaired) electrons. The Bertz CT molecular complexity index is 244. The molecule has 1 amide bonds. The van der Waals surface area contributed by atoms with Crippen molar-refractivity contribution in [2.24, 2.45) is 5.92 Å². The highest BCUT2D eigenvalue weighted by Crippen LogP contribution is 2.26. The monoisotopic (exact) mass is 213 g/mol. The largest absolute Gasteiger partial charge is 0.335 e. The van der Waals surface area contributed by atoms with Gasteiger partial charge in [-0.3, -0.25) is 4.79 Å². The number of rotatable bonds is 3. The van der Waals surface area contributed by atoms with E-state index in [-0.39, 0.29) is 18.0 Å². The Kier molecular flexibility index (Phi) is 3.89. The zero-order valence-corrected chi connectivity index (χ0v) is 9.74. The van der Waals surface area contributed by atoms with Crippen molar-refractivity contribution in [2.45, 2.75) is 51.9 Å². The van der Waals surface area contributed by atoms with Crippen molar-refractivity contribution in [3.8, 4) is 0 Å². The summed E-state index contributed by atoms with van der Waals surface area (Å²) in [6, 6.07) is 0.338. The van der Waals surface area contributed by atoms with Crippen molar-refractivity contribution in [1.29, 1.82) is 0 Å². The molecule has 3 heteroatoms. The number of carbonyl (C=O) groups is 1. The van der Waals surface area contributed by atoms with Gasteiger partial charge in [0.05, 0.1) is 0 Å². The second-order valence-electron chi connectivity index (χ2n) is 4.52. The normalized spacial score (nSPS) is 30.0. The van der Waals surface area contributed by atoms with Crippen molar-refractivity contribution in [3.05, 3.63) is 12.7 Å². The van der Waals surface area contributed by atoms with Gasteiger partial charge in [0.2, 0.25) is 0 Å². The minimum Gasteiger partial charge on any atom is -0.335 e. The lowest BCUT2D eigenvalue weighted by Gasteiger charge is -2.29. The second-order valence-corrected chi connectivity index (χ2v) is 4.52. The summed E-state index contributed by atoms with van der Waals surface area (Å²) in [6.07, 6.45) is 2.00. The standard InChI is InChI=1S/C12H20FNO/c1-5-8(2)11(13)12(15)14-9(3)6-7-10(14)4/h5,8-11H,1,6-7H2,2-4H3/t8-,9-,10-,11+/m1/s1. The number of halogens is 1.